The maximum atomic E-state index is 12.2. The maximum absolute atomic E-state index is 12.2. The molecule has 0 aliphatic carbocycles. The fourth-order valence-corrected chi connectivity index (χ4v) is 3.77. The second-order valence-electron chi connectivity index (χ2n) is 4.83. The summed E-state index contributed by atoms with van der Waals surface area (Å²) in [4.78, 5) is 13.5. The Morgan fingerprint density at radius 1 is 1.50 bits per heavy atom. The number of hydrogen-bond acceptors (Lipinski definition) is 2. The Morgan fingerprint density at radius 3 is 2.94 bits per heavy atom. The first-order valence-corrected chi connectivity index (χ1v) is 7.66. The van der Waals surface area contributed by atoms with Crippen LogP contribution in [0.3, 0.4) is 0 Å². The molecule has 1 aromatic rings. The summed E-state index contributed by atoms with van der Waals surface area (Å²) in [6, 6.07) is 8.27. The Hall–Kier alpha value is -0.670. The minimum atomic E-state index is -0.0146. The van der Waals surface area contributed by atoms with Gasteiger partial charge in [-0.25, -0.2) is 0 Å². The van der Waals surface area contributed by atoms with Crippen molar-refractivity contribution in [1.29, 1.82) is 0 Å². The number of carbonyl (C=O) groups excluding carboxylic acids is 1. The molecule has 1 N–H and O–H groups in total. The number of fused-ring (bicyclic) bond motifs is 1. The van der Waals surface area contributed by atoms with Crippen molar-refractivity contribution in [2.75, 3.05) is 5.75 Å². The second-order valence-corrected chi connectivity index (χ2v) is 6.63. The number of halogens is 1. The van der Waals surface area contributed by atoms with Crippen molar-refractivity contribution in [3.63, 3.8) is 0 Å². The van der Waals surface area contributed by atoms with Gasteiger partial charge in [0.15, 0.2) is 0 Å². The minimum Gasteiger partial charge on any atom is -0.353 e. The van der Waals surface area contributed by atoms with Crippen LogP contribution < -0.4 is 5.32 Å². The van der Waals surface area contributed by atoms with Gasteiger partial charge in [-0.05, 0) is 31.9 Å². The third kappa shape index (κ3) is 3.21. The van der Waals surface area contributed by atoms with Crippen LogP contribution in [-0.4, -0.2) is 23.1 Å². The summed E-state index contributed by atoms with van der Waals surface area (Å²) >= 11 is 7.70. The quantitative estimate of drug-likeness (QED) is 0.858. The second kappa shape index (κ2) is 5.98. The molecular weight excluding hydrogens is 266 g/mol. The molecule has 1 aliphatic heterocycles. The normalized spacial score (nSPS) is 21.2. The third-order valence-electron chi connectivity index (χ3n) is 3.08. The number of hydrogen-bond donors (Lipinski definition) is 1. The number of benzene rings is 1. The highest BCUT2D eigenvalue weighted by Crippen LogP contribution is 2.39. The molecule has 18 heavy (non-hydrogen) atoms. The fourth-order valence-electron chi connectivity index (χ4n) is 2.27. The highest BCUT2D eigenvalue weighted by Gasteiger charge is 2.29. The molecule has 1 amide bonds. The number of thioether (sulfide) groups is 1. The van der Waals surface area contributed by atoms with Gasteiger partial charge >= 0.3 is 0 Å². The fraction of sp³-hybridized carbons (Fsp3) is 0.500. The number of rotatable bonds is 4. The van der Waals surface area contributed by atoms with Gasteiger partial charge in [0.05, 0.1) is 5.92 Å². The molecular formula is C14H18ClNOS. The molecule has 0 saturated carbocycles. The van der Waals surface area contributed by atoms with E-state index in [-0.39, 0.29) is 23.2 Å². The van der Waals surface area contributed by atoms with Gasteiger partial charge in [-0.15, -0.1) is 23.4 Å². The molecule has 2 nitrogen and oxygen atoms in total. The van der Waals surface area contributed by atoms with Crippen molar-refractivity contribution < 1.29 is 4.79 Å². The predicted molar refractivity (Wildman–Crippen MR) is 77.4 cm³/mol. The average Bonchev–Trinajstić information content (AvgIpc) is 2.71. The van der Waals surface area contributed by atoms with Crippen LogP contribution in [0.4, 0.5) is 0 Å². The molecule has 1 heterocycles. The zero-order valence-electron chi connectivity index (χ0n) is 10.7. The van der Waals surface area contributed by atoms with Crippen molar-refractivity contribution in [3.8, 4) is 0 Å². The molecule has 0 fully saturated rings. The van der Waals surface area contributed by atoms with Gasteiger partial charge in [-0.2, -0.15) is 0 Å². The molecule has 4 heteroatoms. The van der Waals surface area contributed by atoms with Crippen LogP contribution in [0, 0.1) is 0 Å². The van der Waals surface area contributed by atoms with E-state index in [2.05, 4.69) is 17.4 Å². The Bertz CT molecular complexity index is 436. The summed E-state index contributed by atoms with van der Waals surface area (Å²) in [5.74, 6) is 0.950. The molecule has 0 bridgehead atoms. The molecule has 3 atom stereocenters. The topological polar surface area (TPSA) is 29.1 Å². The molecule has 98 valence electrons. The van der Waals surface area contributed by atoms with E-state index in [1.54, 1.807) is 11.8 Å². The lowest BCUT2D eigenvalue weighted by atomic mass is 10.00. The van der Waals surface area contributed by atoms with Crippen LogP contribution in [0.15, 0.2) is 29.2 Å². The average molecular weight is 284 g/mol. The van der Waals surface area contributed by atoms with Crippen molar-refractivity contribution in [3.05, 3.63) is 29.8 Å². The highest BCUT2D eigenvalue weighted by molar-refractivity contribution is 7.99. The van der Waals surface area contributed by atoms with E-state index in [1.165, 1.54) is 4.90 Å². The largest absolute Gasteiger partial charge is 0.353 e. The molecule has 2 rings (SSSR count). The number of nitrogens with one attached hydrogen (secondary N) is 1. The van der Waals surface area contributed by atoms with Crippen molar-refractivity contribution in [2.24, 2.45) is 0 Å². The van der Waals surface area contributed by atoms with Crippen LogP contribution >= 0.6 is 23.4 Å². The first-order chi connectivity index (χ1) is 8.58. The maximum Gasteiger partial charge on any atom is 0.228 e. The van der Waals surface area contributed by atoms with Crippen LogP contribution in [0.25, 0.3) is 0 Å². The summed E-state index contributed by atoms with van der Waals surface area (Å²) in [6.45, 7) is 3.95. The summed E-state index contributed by atoms with van der Waals surface area (Å²) in [5, 5.41) is 3.15. The molecule has 1 aliphatic rings. The molecule has 0 aromatic heterocycles. The zero-order valence-corrected chi connectivity index (χ0v) is 12.2. The van der Waals surface area contributed by atoms with Crippen LogP contribution in [-0.2, 0) is 4.79 Å². The minimum absolute atomic E-state index is 0.0146. The van der Waals surface area contributed by atoms with E-state index in [4.69, 9.17) is 11.6 Å². The zero-order chi connectivity index (χ0) is 13.1. The molecule has 3 unspecified atom stereocenters. The van der Waals surface area contributed by atoms with Gasteiger partial charge in [0.2, 0.25) is 5.91 Å². The Morgan fingerprint density at radius 2 is 2.22 bits per heavy atom. The Balaban J connectivity index is 1.99. The van der Waals surface area contributed by atoms with E-state index in [0.717, 1.165) is 17.7 Å². The molecule has 0 radical (unpaired) electrons. The number of alkyl halides is 1. The van der Waals surface area contributed by atoms with Crippen molar-refractivity contribution in [2.45, 2.75) is 42.5 Å². The lowest BCUT2D eigenvalue weighted by Gasteiger charge is -2.18. The first-order valence-electron chi connectivity index (χ1n) is 6.24. The van der Waals surface area contributed by atoms with Gasteiger partial charge in [-0.3, -0.25) is 4.79 Å². The summed E-state index contributed by atoms with van der Waals surface area (Å²) in [7, 11) is 0. The van der Waals surface area contributed by atoms with Crippen molar-refractivity contribution >= 4 is 29.3 Å². The molecule has 1 aromatic carbocycles. The molecule has 0 saturated heterocycles. The lowest BCUT2D eigenvalue weighted by Crippen LogP contribution is -2.37. The van der Waals surface area contributed by atoms with E-state index in [9.17, 15) is 4.79 Å². The van der Waals surface area contributed by atoms with Crippen molar-refractivity contribution in [1.82, 2.24) is 5.32 Å². The standard InChI is InChI=1S/C14H18ClNOS/c1-9(15)7-10(2)16-14(17)12-8-18-13-6-4-3-5-11(12)13/h3-6,9-10,12H,7-8H2,1-2H3,(H,16,17). The Kier molecular flexibility index (Phi) is 4.57. The highest BCUT2D eigenvalue weighted by atomic mass is 35.5. The monoisotopic (exact) mass is 283 g/mol. The summed E-state index contributed by atoms with van der Waals surface area (Å²) < 4.78 is 0. The van der Waals surface area contributed by atoms with E-state index in [0.29, 0.717) is 0 Å². The van der Waals surface area contributed by atoms with E-state index in [1.807, 2.05) is 26.0 Å². The number of carbonyl (C=O) groups is 1. The van der Waals surface area contributed by atoms with Crippen LogP contribution in [0.1, 0.15) is 31.7 Å². The van der Waals surface area contributed by atoms with E-state index < -0.39 is 0 Å². The third-order valence-corrected chi connectivity index (χ3v) is 4.44. The summed E-state index contributed by atoms with van der Waals surface area (Å²) in [5.41, 5.74) is 1.16. The van der Waals surface area contributed by atoms with Gasteiger partial charge in [0.25, 0.3) is 0 Å². The number of amides is 1. The summed E-state index contributed by atoms with van der Waals surface area (Å²) in [6.07, 6.45) is 0.800. The van der Waals surface area contributed by atoms with E-state index >= 15 is 0 Å². The van der Waals surface area contributed by atoms with Crippen LogP contribution in [0.5, 0.6) is 0 Å². The van der Waals surface area contributed by atoms with Crippen LogP contribution in [0.2, 0.25) is 0 Å². The van der Waals surface area contributed by atoms with Gasteiger partial charge in [-0.1, -0.05) is 18.2 Å². The smallest absolute Gasteiger partial charge is 0.228 e. The SMILES string of the molecule is CC(Cl)CC(C)NC(=O)C1CSc2ccccc21. The first kappa shape index (κ1) is 13.8. The lowest BCUT2D eigenvalue weighted by molar-refractivity contribution is -0.122. The predicted octanol–water partition coefficient (Wildman–Crippen LogP) is 3.40. The van der Waals surface area contributed by atoms with Gasteiger partial charge in [0.1, 0.15) is 0 Å². The molecule has 0 spiro atoms. The van der Waals surface area contributed by atoms with Gasteiger partial charge < -0.3 is 5.32 Å². The van der Waals surface area contributed by atoms with Gasteiger partial charge in [0, 0.05) is 22.1 Å². The Labute approximate surface area is 117 Å².